The quantitative estimate of drug-likeness (QED) is 0.834. The lowest BCUT2D eigenvalue weighted by atomic mass is 10.2. The predicted molar refractivity (Wildman–Crippen MR) is 94.1 cm³/mol. The Hall–Kier alpha value is -2.33. The first-order chi connectivity index (χ1) is 11.0. The minimum absolute atomic E-state index is 0.167. The number of benzene rings is 2. The first-order valence-corrected chi connectivity index (χ1v) is 7.79. The zero-order valence-corrected chi connectivity index (χ0v) is 14.0. The van der Waals surface area contributed by atoms with Crippen LogP contribution in [0.5, 0.6) is 0 Å². The maximum absolute atomic E-state index is 12.6. The molecule has 2 aromatic carbocycles. The van der Waals surface area contributed by atoms with Gasteiger partial charge in [0, 0.05) is 6.54 Å². The fourth-order valence-electron chi connectivity index (χ4n) is 2.13. The van der Waals surface area contributed by atoms with Gasteiger partial charge in [-0.2, -0.15) is 0 Å². The van der Waals surface area contributed by atoms with Crippen molar-refractivity contribution in [2.75, 3.05) is 18.1 Å². The number of amides is 2. The summed E-state index contributed by atoms with van der Waals surface area (Å²) >= 11 is 0. The van der Waals surface area contributed by atoms with E-state index in [9.17, 15) is 4.79 Å². The molecule has 0 radical (unpaired) electrons. The van der Waals surface area contributed by atoms with Crippen LogP contribution in [0.25, 0.3) is 0 Å². The third kappa shape index (κ3) is 5.42. The van der Waals surface area contributed by atoms with Crippen molar-refractivity contribution in [3.05, 3.63) is 60.7 Å². The van der Waals surface area contributed by atoms with Crippen molar-refractivity contribution in [2.45, 2.75) is 26.4 Å². The highest BCUT2D eigenvalue weighted by molar-refractivity contribution is 5.99. The van der Waals surface area contributed by atoms with Gasteiger partial charge < -0.3 is 10.1 Å². The molecule has 0 atom stereocenters. The van der Waals surface area contributed by atoms with Crippen molar-refractivity contribution in [1.82, 2.24) is 5.32 Å². The molecule has 2 rings (SSSR count). The van der Waals surface area contributed by atoms with Gasteiger partial charge in [0.05, 0.1) is 23.6 Å². The van der Waals surface area contributed by atoms with E-state index in [4.69, 9.17) is 4.74 Å². The highest BCUT2D eigenvalue weighted by Crippen LogP contribution is 2.24. The van der Waals surface area contributed by atoms with E-state index in [0.717, 1.165) is 11.4 Å². The topological polar surface area (TPSA) is 41.6 Å². The van der Waals surface area contributed by atoms with Crippen molar-refractivity contribution in [3.8, 4) is 0 Å². The Morgan fingerprint density at radius 2 is 1.43 bits per heavy atom. The molecule has 0 bridgehead atoms. The van der Waals surface area contributed by atoms with Crippen molar-refractivity contribution in [3.63, 3.8) is 0 Å². The normalized spacial score (nSPS) is 11.1. The molecule has 0 saturated heterocycles. The third-order valence-corrected chi connectivity index (χ3v) is 3.15. The van der Waals surface area contributed by atoms with Crippen LogP contribution in [0.2, 0.25) is 0 Å². The summed E-state index contributed by atoms with van der Waals surface area (Å²) in [6, 6.07) is 19.0. The van der Waals surface area contributed by atoms with E-state index in [0.29, 0.717) is 13.2 Å². The van der Waals surface area contributed by atoms with E-state index in [1.165, 1.54) is 0 Å². The summed E-state index contributed by atoms with van der Waals surface area (Å²) in [5.41, 5.74) is 1.45. The van der Waals surface area contributed by atoms with Crippen LogP contribution in [0.1, 0.15) is 20.8 Å². The number of anilines is 2. The van der Waals surface area contributed by atoms with Crippen molar-refractivity contribution in [1.29, 1.82) is 0 Å². The summed E-state index contributed by atoms with van der Waals surface area (Å²) in [7, 11) is 0. The Balaban J connectivity index is 2.07. The lowest BCUT2D eigenvalue weighted by Crippen LogP contribution is -2.39. The molecule has 0 fully saturated rings. The van der Waals surface area contributed by atoms with Crippen LogP contribution in [0.4, 0.5) is 16.2 Å². The van der Waals surface area contributed by atoms with Gasteiger partial charge in [-0.15, -0.1) is 0 Å². The Kier molecular flexibility index (Phi) is 5.77. The van der Waals surface area contributed by atoms with Gasteiger partial charge in [0.25, 0.3) is 0 Å². The average molecular weight is 312 g/mol. The molecule has 0 aliphatic carbocycles. The Morgan fingerprint density at radius 3 is 1.87 bits per heavy atom. The molecule has 0 unspecified atom stereocenters. The Bertz CT molecular complexity index is 567. The molecule has 1 N–H and O–H groups in total. The molecule has 2 amide bonds. The summed E-state index contributed by atoms with van der Waals surface area (Å²) in [6.45, 7) is 6.93. The van der Waals surface area contributed by atoms with Crippen molar-refractivity contribution in [2.24, 2.45) is 0 Å². The predicted octanol–water partition coefficient (Wildman–Crippen LogP) is 4.35. The number of hydrogen-bond donors (Lipinski definition) is 1. The summed E-state index contributed by atoms with van der Waals surface area (Å²) < 4.78 is 5.64. The van der Waals surface area contributed by atoms with Gasteiger partial charge in [0.2, 0.25) is 0 Å². The smallest absolute Gasteiger partial charge is 0.326 e. The number of nitrogens with one attached hydrogen (secondary N) is 1. The third-order valence-electron chi connectivity index (χ3n) is 3.15. The summed E-state index contributed by atoms with van der Waals surface area (Å²) in [5, 5.41) is 2.91. The molecule has 122 valence electrons. The number of para-hydroxylation sites is 2. The summed E-state index contributed by atoms with van der Waals surface area (Å²) in [4.78, 5) is 14.3. The number of urea groups is 1. The lowest BCUT2D eigenvalue weighted by Gasteiger charge is -2.24. The van der Waals surface area contributed by atoms with E-state index in [1.807, 2.05) is 81.4 Å². The minimum atomic E-state index is -0.205. The molecule has 0 heterocycles. The number of hydrogen-bond acceptors (Lipinski definition) is 2. The van der Waals surface area contributed by atoms with Gasteiger partial charge in [-0.1, -0.05) is 36.4 Å². The maximum atomic E-state index is 12.6. The lowest BCUT2D eigenvalue weighted by molar-refractivity contribution is 0.0000846. The first-order valence-electron chi connectivity index (χ1n) is 7.79. The monoisotopic (exact) mass is 312 g/mol. The largest absolute Gasteiger partial charge is 0.374 e. The van der Waals surface area contributed by atoms with Crippen molar-refractivity contribution >= 4 is 17.4 Å². The Labute approximate surface area is 138 Å². The van der Waals surface area contributed by atoms with Gasteiger partial charge in [0.15, 0.2) is 0 Å². The molecule has 0 spiro atoms. The molecule has 2 aromatic rings. The van der Waals surface area contributed by atoms with Gasteiger partial charge in [-0.05, 0) is 45.0 Å². The number of nitrogens with zero attached hydrogens (tertiary/aromatic N) is 1. The van der Waals surface area contributed by atoms with Crippen molar-refractivity contribution < 1.29 is 9.53 Å². The highest BCUT2D eigenvalue weighted by Gasteiger charge is 2.17. The molecule has 4 heteroatoms. The average Bonchev–Trinajstić information content (AvgIpc) is 2.53. The standard InChI is InChI=1S/C19H24N2O2/c1-19(2,3)23-15-14-20-18(22)21(16-10-6-4-7-11-16)17-12-8-5-9-13-17/h4-13H,14-15H2,1-3H3,(H,20,22). The second-order valence-corrected chi connectivity index (χ2v) is 6.20. The van der Waals surface area contributed by atoms with E-state index in [-0.39, 0.29) is 11.6 Å². The van der Waals surface area contributed by atoms with Gasteiger partial charge in [-0.3, -0.25) is 4.90 Å². The maximum Gasteiger partial charge on any atom is 0.326 e. The van der Waals surface area contributed by atoms with Crippen LogP contribution in [0, 0.1) is 0 Å². The minimum Gasteiger partial charge on any atom is -0.374 e. The van der Waals surface area contributed by atoms with Crippen LogP contribution in [0.3, 0.4) is 0 Å². The second-order valence-electron chi connectivity index (χ2n) is 6.20. The molecule has 0 aliphatic rings. The van der Waals surface area contributed by atoms with E-state index >= 15 is 0 Å². The second kappa shape index (κ2) is 7.79. The van der Waals surface area contributed by atoms with E-state index < -0.39 is 0 Å². The van der Waals surface area contributed by atoms with E-state index in [2.05, 4.69) is 5.32 Å². The molecular weight excluding hydrogens is 288 g/mol. The van der Waals surface area contributed by atoms with Gasteiger partial charge >= 0.3 is 6.03 Å². The van der Waals surface area contributed by atoms with Gasteiger partial charge in [0.1, 0.15) is 0 Å². The molecular formula is C19H24N2O2. The first kappa shape index (κ1) is 17.0. The molecule has 23 heavy (non-hydrogen) atoms. The fraction of sp³-hybridized carbons (Fsp3) is 0.316. The number of carbonyl (C=O) groups is 1. The zero-order chi connectivity index (χ0) is 16.7. The Morgan fingerprint density at radius 1 is 0.957 bits per heavy atom. The highest BCUT2D eigenvalue weighted by atomic mass is 16.5. The van der Waals surface area contributed by atoms with Crippen LogP contribution in [-0.4, -0.2) is 24.8 Å². The van der Waals surface area contributed by atoms with Crippen LogP contribution in [0.15, 0.2) is 60.7 Å². The molecule has 4 nitrogen and oxygen atoms in total. The number of carbonyl (C=O) groups excluding carboxylic acids is 1. The molecule has 0 saturated carbocycles. The summed E-state index contributed by atoms with van der Waals surface area (Å²) in [5.74, 6) is 0. The number of ether oxygens (including phenoxy) is 1. The molecule has 0 aliphatic heterocycles. The number of rotatable bonds is 5. The van der Waals surface area contributed by atoms with E-state index in [1.54, 1.807) is 4.90 Å². The van der Waals surface area contributed by atoms with Crippen LogP contribution in [-0.2, 0) is 4.74 Å². The fourth-order valence-corrected chi connectivity index (χ4v) is 2.13. The SMILES string of the molecule is CC(C)(C)OCCNC(=O)N(c1ccccc1)c1ccccc1. The van der Waals surface area contributed by atoms with Crippen LogP contribution < -0.4 is 10.2 Å². The van der Waals surface area contributed by atoms with Gasteiger partial charge in [-0.25, -0.2) is 4.79 Å². The summed E-state index contributed by atoms with van der Waals surface area (Å²) in [6.07, 6.45) is 0. The molecule has 0 aromatic heterocycles. The van der Waals surface area contributed by atoms with Crippen LogP contribution >= 0.6 is 0 Å². The zero-order valence-electron chi connectivity index (χ0n) is 14.0.